The molecule has 1 N–H and O–H groups in total. The molecule has 0 heterocycles. The van der Waals surface area contributed by atoms with E-state index in [4.69, 9.17) is 0 Å². The first-order chi connectivity index (χ1) is 7.54. The van der Waals surface area contributed by atoms with Gasteiger partial charge in [-0.15, -0.1) is 6.58 Å². The van der Waals surface area contributed by atoms with Crippen molar-refractivity contribution in [3.63, 3.8) is 0 Å². The lowest BCUT2D eigenvalue weighted by Crippen LogP contribution is -2.41. The van der Waals surface area contributed by atoms with E-state index in [1.807, 2.05) is 6.07 Å². The van der Waals surface area contributed by atoms with Gasteiger partial charge in [-0.3, -0.25) is 0 Å². The lowest BCUT2D eigenvalue weighted by Gasteiger charge is -2.20. The van der Waals surface area contributed by atoms with Crippen molar-refractivity contribution in [2.45, 2.75) is 25.2 Å². The molecule has 88 valence electrons. The van der Waals surface area contributed by atoms with E-state index in [0.717, 1.165) is 5.56 Å². The number of halogens is 3. The number of hydrogen-bond donors (Lipinski definition) is 1. The molecule has 1 rings (SSSR count). The van der Waals surface area contributed by atoms with Gasteiger partial charge >= 0.3 is 6.18 Å². The average molecular weight is 229 g/mol. The fourth-order valence-electron chi connectivity index (χ4n) is 1.34. The van der Waals surface area contributed by atoms with Crippen molar-refractivity contribution in [2.24, 2.45) is 0 Å². The highest BCUT2D eigenvalue weighted by Gasteiger charge is 2.38. The fourth-order valence-corrected chi connectivity index (χ4v) is 1.34. The average Bonchev–Trinajstić information content (AvgIpc) is 2.24. The molecule has 0 bridgehead atoms. The van der Waals surface area contributed by atoms with Crippen LogP contribution in [0.5, 0.6) is 0 Å². The minimum absolute atomic E-state index is 0.115. The molecule has 1 atom stereocenters. The molecule has 4 heteroatoms. The molecule has 0 spiro atoms. The van der Waals surface area contributed by atoms with Gasteiger partial charge in [-0.1, -0.05) is 36.4 Å². The standard InChI is InChI=1S/C12H14F3N/c1-2-6-11(12(13,14)15)16-9-10-7-4-3-5-8-10/h2-5,7-8,11,16H,1,6,9H2. The molecule has 16 heavy (non-hydrogen) atoms. The number of benzene rings is 1. The summed E-state index contributed by atoms with van der Waals surface area (Å²) < 4.78 is 37.5. The summed E-state index contributed by atoms with van der Waals surface area (Å²) >= 11 is 0. The maximum atomic E-state index is 12.5. The predicted octanol–water partition coefficient (Wildman–Crippen LogP) is 3.28. The molecule has 1 aromatic rings. The van der Waals surface area contributed by atoms with Crippen LogP contribution in [0.15, 0.2) is 43.0 Å². The molecule has 0 amide bonds. The van der Waals surface area contributed by atoms with E-state index in [0.29, 0.717) is 0 Å². The van der Waals surface area contributed by atoms with Crippen LogP contribution >= 0.6 is 0 Å². The van der Waals surface area contributed by atoms with E-state index >= 15 is 0 Å². The summed E-state index contributed by atoms with van der Waals surface area (Å²) in [4.78, 5) is 0. The van der Waals surface area contributed by atoms with Crippen LogP contribution in [0.3, 0.4) is 0 Å². The smallest absolute Gasteiger partial charge is 0.302 e. The molecule has 0 radical (unpaired) electrons. The first-order valence-electron chi connectivity index (χ1n) is 4.99. The summed E-state index contributed by atoms with van der Waals surface area (Å²) in [7, 11) is 0. The highest BCUT2D eigenvalue weighted by Crippen LogP contribution is 2.23. The normalized spacial score (nSPS) is 13.4. The number of hydrogen-bond acceptors (Lipinski definition) is 1. The molecule has 0 aromatic heterocycles. The largest absolute Gasteiger partial charge is 0.404 e. The second-order valence-corrected chi connectivity index (χ2v) is 3.49. The number of rotatable bonds is 5. The zero-order chi connectivity index (χ0) is 12.0. The Kier molecular flexibility index (Phi) is 4.55. The fraction of sp³-hybridized carbons (Fsp3) is 0.333. The van der Waals surface area contributed by atoms with Gasteiger partial charge in [0, 0.05) is 6.54 Å². The molecule has 0 fully saturated rings. The van der Waals surface area contributed by atoms with Crippen molar-refractivity contribution in [2.75, 3.05) is 0 Å². The van der Waals surface area contributed by atoms with Gasteiger partial charge in [-0.2, -0.15) is 13.2 Å². The molecular formula is C12H14F3N. The Morgan fingerprint density at radius 1 is 1.25 bits per heavy atom. The van der Waals surface area contributed by atoms with Gasteiger partial charge in [0.25, 0.3) is 0 Å². The number of nitrogens with one attached hydrogen (secondary N) is 1. The van der Waals surface area contributed by atoms with Crippen molar-refractivity contribution >= 4 is 0 Å². The van der Waals surface area contributed by atoms with E-state index in [2.05, 4.69) is 11.9 Å². The zero-order valence-corrected chi connectivity index (χ0v) is 8.80. The SMILES string of the molecule is C=CCC(NCc1ccccc1)C(F)(F)F. The van der Waals surface area contributed by atoms with Gasteiger partial charge in [-0.25, -0.2) is 0 Å². The molecule has 1 aromatic carbocycles. The number of alkyl halides is 3. The van der Waals surface area contributed by atoms with Gasteiger partial charge in [0.05, 0.1) is 0 Å². The molecule has 0 aliphatic rings. The third-order valence-corrected chi connectivity index (χ3v) is 2.19. The van der Waals surface area contributed by atoms with Crippen LogP contribution < -0.4 is 5.32 Å². The molecular weight excluding hydrogens is 215 g/mol. The molecule has 1 nitrogen and oxygen atoms in total. The van der Waals surface area contributed by atoms with Crippen molar-refractivity contribution in [1.29, 1.82) is 0 Å². The minimum Gasteiger partial charge on any atom is -0.302 e. The van der Waals surface area contributed by atoms with Gasteiger partial charge < -0.3 is 5.32 Å². The van der Waals surface area contributed by atoms with Crippen molar-refractivity contribution < 1.29 is 13.2 Å². The Bertz CT molecular complexity index is 319. The van der Waals surface area contributed by atoms with Gasteiger partial charge in [0.15, 0.2) is 0 Å². The lowest BCUT2D eigenvalue weighted by atomic mass is 10.1. The Balaban J connectivity index is 2.54. The summed E-state index contributed by atoms with van der Waals surface area (Å²) in [6.07, 6.45) is -3.07. The topological polar surface area (TPSA) is 12.0 Å². The summed E-state index contributed by atoms with van der Waals surface area (Å²) in [5.74, 6) is 0. The van der Waals surface area contributed by atoms with Crippen LogP contribution in [0.4, 0.5) is 13.2 Å². The quantitative estimate of drug-likeness (QED) is 0.764. The second kappa shape index (κ2) is 5.70. The van der Waals surface area contributed by atoms with Crippen LogP contribution in [0.2, 0.25) is 0 Å². The second-order valence-electron chi connectivity index (χ2n) is 3.49. The molecule has 1 unspecified atom stereocenters. The first kappa shape index (κ1) is 12.8. The Labute approximate surface area is 93.0 Å². The molecule has 0 saturated heterocycles. The maximum absolute atomic E-state index is 12.5. The summed E-state index contributed by atoms with van der Waals surface area (Å²) in [5, 5.41) is 2.48. The molecule has 0 aliphatic heterocycles. The third-order valence-electron chi connectivity index (χ3n) is 2.19. The summed E-state index contributed by atoms with van der Waals surface area (Å²) in [6.45, 7) is 3.54. The highest BCUT2D eigenvalue weighted by molar-refractivity contribution is 5.14. The van der Waals surface area contributed by atoms with Crippen molar-refractivity contribution in [3.8, 4) is 0 Å². The lowest BCUT2D eigenvalue weighted by molar-refractivity contribution is -0.155. The molecule has 0 saturated carbocycles. The van der Waals surface area contributed by atoms with Crippen molar-refractivity contribution in [3.05, 3.63) is 48.6 Å². The van der Waals surface area contributed by atoms with Gasteiger partial charge in [-0.05, 0) is 12.0 Å². The van der Waals surface area contributed by atoms with Crippen molar-refractivity contribution in [1.82, 2.24) is 5.32 Å². The molecule has 0 aliphatic carbocycles. The minimum atomic E-state index is -4.23. The van der Waals surface area contributed by atoms with E-state index in [9.17, 15) is 13.2 Å². The van der Waals surface area contributed by atoms with Crippen LogP contribution in [0.25, 0.3) is 0 Å². The Morgan fingerprint density at radius 3 is 2.38 bits per heavy atom. The zero-order valence-electron chi connectivity index (χ0n) is 8.80. The van der Waals surface area contributed by atoms with Gasteiger partial charge in [0.2, 0.25) is 0 Å². The van der Waals surface area contributed by atoms with Gasteiger partial charge in [0.1, 0.15) is 6.04 Å². The predicted molar refractivity (Wildman–Crippen MR) is 57.9 cm³/mol. The monoisotopic (exact) mass is 229 g/mol. The van der Waals surface area contributed by atoms with Crippen LogP contribution in [-0.4, -0.2) is 12.2 Å². The van der Waals surface area contributed by atoms with E-state index in [1.165, 1.54) is 6.08 Å². The highest BCUT2D eigenvalue weighted by atomic mass is 19.4. The van der Waals surface area contributed by atoms with Crippen LogP contribution in [0, 0.1) is 0 Å². The van der Waals surface area contributed by atoms with Crippen LogP contribution in [0.1, 0.15) is 12.0 Å². The third kappa shape index (κ3) is 4.06. The summed E-state index contributed by atoms with van der Waals surface area (Å²) in [5.41, 5.74) is 0.834. The first-order valence-corrected chi connectivity index (χ1v) is 4.99. The van der Waals surface area contributed by atoms with E-state index < -0.39 is 12.2 Å². The van der Waals surface area contributed by atoms with Crippen LogP contribution in [-0.2, 0) is 6.54 Å². The Morgan fingerprint density at radius 2 is 1.88 bits per heavy atom. The van der Waals surface area contributed by atoms with E-state index in [-0.39, 0.29) is 13.0 Å². The Hall–Kier alpha value is -1.29. The summed E-state index contributed by atoms with van der Waals surface area (Å²) in [6, 6.07) is 7.47. The van der Waals surface area contributed by atoms with E-state index in [1.54, 1.807) is 24.3 Å². The maximum Gasteiger partial charge on any atom is 0.404 e.